The molecule has 0 bridgehead atoms. The standard InChI is InChI=1S/C21H22Cl2N4O3S/c1-31-11-8-18(26-19(28)16-7-2-13(22)12-17(16)23)20(29)25-14-3-5-15(6-4-14)27-10-9-24-21(27)30/h2-7,12,18H,8-11H2,1H3,(H,24,30)(H,25,29)(H,26,28). The summed E-state index contributed by atoms with van der Waals surface area (Å²) in [5.41, 5.74) is 1.57. The van der Waals surface area contributed by atoms with Crippen molar-refractivity contribution in [1.82, 2.24) is 10.6 Å². The van der Waals surface area contributed by atoms with Crippen molar-refractivity contribution in [2.45, 2.75) is 12.5 Å². The normalized spacial score (nSPS) is 14.2. The zero-order valence-electron chi connectivity index (χ0n) is 16.8. The third-order valence-corrected chi connectivity index (χ3v) is 5.90. The van der Waals surface area contributed by atoms with Gasteiger partial charge in [0.05, 0.1) is 10.6 Å². The van der Waals surface area contributed by atoms with Gasteiger partial charge in [-0.1, -0.05) is 23.2 Å². The molecule has 0 aromatic heterocycles. The Morgan fingerprint density at radius 3 is 2.55 bits per heavy atom. The summed E-state index contributed by atoms with van der Waals surface area (Å²) in [7, 11) is 0. The molecular formula is C21H22Cl2N4O3S. The fourth-order valence-electron chi connectivity index (χ4n) is 3.09. The van der Waals surface area contributed by atoms with E-state index in [2.05, 4.69) is 16.0 Å². The smallest absolute Gasteiger partial charge is 0.321 e. The number of nitrogens with zero attached hydrogens (tertiary/aromatic N) is 1. The number of anilines is 2. The molecule has 2 aromatic rings. The van der Waals surface area contributed by atoms with Crippen molar-refractivity contribution in [2.24, 2.45) is 0 Å². The SMILES string of the molecule is CSCCC(NC(=O)c1ccc(Cl)cc1Cl)C(=O)Nc1ccc(N2CCNC2=O)cc1. The van der Waals surface area contributed by atoms with Gasteiger partial charge in [0, 0.05) is 29.5 Å². The fraction of sp³-hybridized carbons (Fsp3) is 0.286. The Kier molecular flexibility index (Phi) is 8.06. The van der Waals surface area contributed by atoms with Crippen molar-refractivity contribution in [3.63, 3.8) is 0 Å². The third-order valence-electron chi connectivity index (χ3n) is 4.71. The number of rotatable bonds is 8. The van der Waals surface area contributed by atoms with Gasteiger partial charge >= 0.3 is 6.03 Å². The molecule has 1 atom stereocenters. The highest BCUT2D eigenvalue weighted by atomic mass is 35.5. The fourth-order valence-corrected chi connectivity index (χ4v) is 4.05. The van der Waals surface area contributed by atoms with Crippen molar-refractivity contribution in [1.29, 1.82) is 0 Å². The van der Waals surface area contributed by atoms with Gasteiger partial charge < -0.3 is 16.0 Å². The molecule has 1 saturated heterocycles. The first-order valence-electron chi connectivity index (χ1n) is 9.60. The summed E-state index contributed by atoms with van der Waals surface area (Å²) in [5, 5.41) is 8.97. The topological polar surface area (TPSA) is 90.5 Å². The number of nitrogens with one attached hydrogen (secondary N) is 3. The molecule has 0 aliphatic carbocycles. The van der Waals surface area contributed by atoms with Crippen LogP contribution in [0.15, 0.2) is 42.5 Å². The van der Waals surface area contributed by atoms with E-state index in [9.17, 15) is 14.4 Å². The van der Waals surface area contributed by atoms with Crippen LogP contribution < -0.4 is 20.9 Å². The Balaban J connectivity index is 1.67. The number of carbonyl (C=O) groups excluding carboxylic acids is 3. The summed E-state index contributed by atoms with van der Waals surface area (Å²) in [6.07, 6.45) is 2.38. The summed E-state index contributed by atoms with van der Waals surface area (Å²) < 4.78 is 0. The summed E-state index contributed by atoms with van der Waals surface area (Å²) in [6, 6.07) is 10.7. The van der Waals surface area contributed by atoms with Crippen molar-refractivity contribution in [3.8, 4) is 0 Å². The van der Waals surface area contributed by atoms with Crippen LogP contribution in [-0.2, 0) is 4.79 Å². The van der Waals surface area contributed by atoms with Crippen LogP contribution in [0, 0.1) is 0 Å². The highest BCUT2D eigenvalue weighted by Gasteiger charge is 2.23. The highest BCUT2D eigenvalue weighted by molar-refractivity contribution is 7.98. The van der Waals surface area contributed by atoms with Gasteiger partial charge in [-0.25, -0.2) is 4.79 Å². The van der Waals surface area contributed by atoms with E-state index in [0.29, 0.717) is 36.0 Å². The van der Waals surface area contributed by atoms with Gasteiger partial charge in [0.1, 0.15) is 6.04 Å². The Morgan fingerprint density at radius 1 is 1.19 bits per heavy atom. The van der Waals surface area contributed by atoms with E-state index < -0.39 is 11.9 Å². The lowest BCUT2D eigenvalue weighted by atomic mass is 10.1. The number of amides is 4. The zero-order valence-corrected chi connectivity index (χ0v) is 19.1. The van der Waals surface area contributed by atoms with Crippen molar-refractivity contribution in [2.75, 3.05) is 35.3 Å². The minimum atomic E-state index is -0.740. The quantitative estimate of drug-likeness (QED) is 0.532. The molecule has 1 aliphatic rings. The van der Waals surface area contributed by atoms with Gasteiger partial charge in [-0.05, 0) is 60.9 Å². The molecule has 31 heavy (non-hydrogen) atoms. The summed E-state index contributed by atoms with van der Waals surface area (Å²) >= 11 is 13.6. The molecule has 7 nitrogen and oxygen atoms in total. The Labute approximate surface area is 194 Å². The third kappa shape index (κ3) is 6.06. The Bertz CT molecular complexity index is 972. The Morgan fingerprint density at radius 2 is 1.94 bits per heavy atom. The number of halogens is 2. The van der Waals surface area contributed by atoms with Gasteiger partial charge in [-0.3, -0.25) is 14.5 Å². The maximum atomic E-state index is 12.9. The molecule has 2 aromatic carbocycles. The first-order valence-corrected chi connectivity index (χ1v) is 11.7. The number of urea groups is 1. The van der Waals surface area contributed by atoms with Gasteiger partial charge in [-0.2, -0.15) is 11.8 Å². The molecule has 3 rings (SSSR count). The summed E-state index contributed by atoms with van der Waals surface area (Å²) in [5.74, 6) is -0.0899. The van der Waals surface area contributed by atoms with Crippen LogP contribution in [0.5, 0.6) is 0 Å². The molecule has 3 N–H and O–H groups in total. The van der Waals surface area contributed by atoms with Gasteiger partial charge in [-0.15, -0.1) is 0 Å². The first kappa shape index (κ1) is 23.2. The first-order chi connectivity index (χ1) is 14.9. The number of thioether (sulfide) groups is 1. The lowest BCUT2D eigenvalue weighted by molar-refractivity contribution is -0.118. The van der Waals surface area contributed by atoms with Crippen LogP contribution in [0.2, 0.25) is 10.0 Å². The number of hydrogen-bond acceptors (Lipinski definition) is 4. The highest BCUT2D eigenvalue weighted by Crippen LogP contribution is 2.22. The molecule has 1 heterocycles. The van der Waals surface area contributed by atoms with Gasteiger partial charge in [0.15, 0.2) is 0 Å². The molecule has 1 aliphatic heterocycles. The van der Waals surface area contributed by atoms with E-state index in [1.807, 2.05) is 6.26 Å². The largest absolute Gasteiger partial charge is 0.340 e. The maximum absolute atomic E-state index is 12.9. The predicted molar refractivity (Wildman–Crippen MR) is 127 cm³/mol. The van der Waals surface area contributed by atoms with Crippen LogP contribution in [0.25, 0.3) is 0 Å². The van der Waals surface area contributed by atoms with Crippen LogP contribution in [0.3, 0.4) is 0 Å². The number of hydrogen-bond donors (Lipinski definition) is 3. The van der Waals surface area contributed by atoms with E-state index in [4.69, 9.17) is 23.2 Å². The van der Waals surface area contributed by atoms with Crippen LogP contribution in [0.1, 0.15) is 16.8 Å². The molecule has 0 spiro atoms. The molecule has 0 saturated carbocycles. The van der Waals surface area contributed by atoms with Gasteiger partial charge in [0.25, 0.3) is 5.91 Å². The van der Waals surface area contributed by atoms with E-state index in [1.54, 1.807) is 47.0 Å². The van der Waals surface area contributed by atoms with Gasteiger partial charge in [0.2, 0.25) is 5.91 Å². The minimum Gasteiger partial charge on any atom is -0.340 e. The van der Waals surface area contributed by atoms with Crippen LogP contribution in [-0.4, -0.2) is 49.0 Å². The molecule has 10 heteroatoms. The van der Waals surface area contributed by atoms with E-state index in [1.165, 1.54) is 12.1 Å². The second kappa shape index (κ2) is 10.7. The molecule has 1 unspecified atom stereocenters. The van der Waals surface area contributed by atoms with Crippen LogP contribution in [0.4, 0.5) is 16.2 Å². The van der Waals surface area contributed by atoms with Crippen molar-refractivity contribution < 1.29 is 14.4 Å². The Hall–Kier alpha value is -2.42. The van der Waals surface area contributed by atoms with E-state index in [-0.39, 0.29) is 22.5 Å². The molecule has 164 valence electrons. The zero-order chi connectivity index (χ0) is 22.4. The lowest BCUT2D eigenvalue weighted by Crippen LogP contribution is -2.44. The monoisotopic (exact) mass is 480 g/mol. The average molecular weight is 481 g/mol. The second-order valence-electron chi connectivity index (χ2n) is 6.85. The van der Waals surface area contributed by atoms with Crippen LogP contribution >= 0.6 is 35.0 Å². The molecule has 1 fully saturated rings. The second-order valence-corrected chi connectivity index (χ2v) is 8.68. The van der Waals surface area contributed by atoms with Crippen molar-refractivity contribution in [3.05, 3.63) is 58.1 Å². The number of benzene rings is 2. The number of carbonyl (C=O) groups is 3. The summed E-state index contributed by atoms with van der Waals surface area (Å²) in [6.45, 7) is 1.20. The maximum Gasteiger partial charge on any atom is 0.321 e. The van der Waals surface area contributed by atoms with E-state index in [0.717, 1.165) is 5.69 Å². The molecule has 0 radical (unpaired) electrons. The molecule has 4 amide bonds. The van der Waals surface area contributed by atoms with Crippen molar-refractivity contribution >= 4 is 64.2 Å². The lowest BCUT2D eigenvalue weighted by Gasteiger charge is -2.19. The molecular weight excluding hydrogens is 459 g/mol. The predicted octanol–water partition coefficient (Wildman–Crippen LogP) is 4.01. The summed E-state index contributed by atoms with van der Waals surface area (Å²) in [4.78, 5) is 38.9. The minimum absolute atomic E-state index is 0.141. The average Bonchev–Trinajstić information content (AvgIpc) is 3.17. The van der Waals surface area contributed by atoms with E-state index >= 15 is 0 Å².